The summed E-state index contributed by atoms with van der Waals surface area (Å²) >= 11 is 5.92. The Morgan fingerprint density at radius 1 is 1.21 bits per heavy atom. The first-order valence-corrected chi connectivity index (χ1v) is 6.33. The van der Waals surface area contributed by atoms with Crippen LogP contribution in [0.25, 0.3) is 0 Å². The van der Waals surface area contributed by atoms with Crippen LogP contribution < -0.4 is 10.1 Å². The Balaban J connectivity index is 2.15. The van der Waals surface area contributed by atoms with E-state index in [4.69, 9.17) is 16.3 Å². The molecule has 0 saturated heterocycles. The van der Waals surface area contributed by atoms with Gasteiger partial charge in [0.25, 0.3) is 0 Å². The smallest absolute Gasteiger partial charge is 0.165 e. The molecule has 0 aliphatic rings. The Hall–Kier alpha value is -1.74. The predicted molar refractivity (Wildman–Crippen MR) is 76.4 cm³/mol. The van der Waals surface area contributed by atoms with Gasteiger partial charge in [0.05, 0.1) is 7.11 Å². The maximum Gasteiger partial charge on any atom is 0.165 e. The van der Waals surface area contributed by atoms with E-state index in [1.165, 1.54) is 13.2 Å². The van der Waals surface area contributed by atoms with Gasteiger partial charge < -0.3 is 10.1 Å². The molecular weight excluding hydrogens is 265 g/mol. The largest absolute Gasteiger partial charge is 0.494 e. The van der Waals surface area contributed by atoms with Crippen LogP contribution in [0, 0.1) is 5.82 Å². The van der Waals surface area contributed by atoms with Gasteiger partial charge in [0.2, 0.25) is 0 Å². The van der Waals surface area contributed by atoms with E-state index < -0.39 is 0 Å². The van der Waals surface area contributed by atoms with Gasteiger partial charge in [0.1, 0.15) is 0 Å². The summed E-state index contributed by atoms with van der Waals surface area (Å²) < 4.78 is 18.5. The minimum atomic E-state index is -0.361. The first-order valence-electron chi connectivity index (χ1n) is 5.95. The average molecular weight is 280 g/mol. The fourth-order valence-electron chi connectivity index (χ4n) is 1.86. The monoisotopic (exact) mass is 279 g/mol. The number of hydrogen-bond donors (Lipinski definition) is 1. The average Bonchev–Trinajstić information content (AvgIpc) is 2.38. The Labute approximate surface area is 117 Å². The quantitative estimate of drug-likeness (QED) is 0.879. The minimum Gasteiger partial charge on any atom is -0.494 e. The van der Waals surface area contributed by atoms with Gasteiger partial charge in [0.15, 0.2) is 11.6 Å². The van der Waals surface area contributed by atoms with Crippen molar-refractivity contribution in [1.29, 1.82) is 0 Å². The Morgan fingerprint density at radius 2 is 2.00 bits per heavy atom. The minimum absolute atomic E-state index is 0.0288. The van der Waals surface area contributed by atoms with Crippen LogP contribution in [-0.2, 0) is 0 Å². The van der Waals surface area contributed by atoms with Gasteiger partial charge in [-0.05, 0) is 42.8 Å². The molecule has 1 unspecified atom stereocenters. The number of ether oxygens (including phenoxy) is 1. The van der Waals surface area contributed by atoms with Gasteiger partial charge in [-0.1, -0.05) is 23.7 Å². The SMILES string of the molecule is COc1ccc(C(C)Nc2cccc(Cl)c2)cc1F. The maximum absolute atomic E-state index is 13.6. The van der Waals surface area contributed by atoms with E-state index in [1.54, 1.807) is 6.07 Å². The van der Waals surface area contributed by atoms with Crippen LogP contribution in [0.1, 0.15) is 18.5 Å². The van der Waals surface area contributed by atoms with Crippen LogP contribution in [0.4, 0.5) is 10.1 Å². The molecule has 19 heavy (non-hydrogen) atoms. The topological polar surface area (TPSA) is 21.3 Å². The number of methoxy groups -OCH3 is 1. The summed E-state index contributed by atoms with van der Waals surface area (Å²) in [5.41, 5.74) is 1.74. The third kappa shape index (κ3) is 3.38. The highest BCUT2D eigenvalue weighted by Gasteiger charge is 2.09. The van der Waals surface area contributed by atoms with Gasteiger partial charge in [-0.3, -0.25) is 0 Å². The first-order chi connectivity index (χ1) is 9.10. The third-order valence-electron chi connectivity index (χ3n) is 2.88. The molecule has 0 aliphatic heterocycles. The van der Waals surface area contributed by atoms with Crippen LogP contribution >= 0.6 is 11.6 Å². The second-order valence-electron chi connectivity index (χ2n) is 4.27. The molecule has 0 aromatic heterocycles. The van der Waals surface area contributed by atoms with Crippen LogP contribution in [0.3, 0.4) is 0 Å². The molecule has 0 heterocycles. The number of rotatable bonds is 4. The number of nitrogens with one attached hydrogen (secondary N) is 1. The molecule has 0 aliphatic carbocycles. The summed E-state index contributed by atoms with van der Waals surface area (Å²) in [4.78, 5) is 0. The van der Waals surface area contributed by atoms with Gasteiger partial charge in [-0.2, -0.15) is 0 Å². The molecule has 2 rings (SSSR count). The first kappa shape index (κ1) is 13.7. The highest BCUT2D eigenvalue weighted by Crippen LogP contribution is 2.25. The van der Waals surface area contributed by atoms with Gasteiger partial charge >= 0.3 is 0 Å². The van der Waals surface area contributed by atoms with Crippen molar-refractivity contribution in [1.82, 2.24) is 0 Å². The molecule has 0 spiro atoms. The molecular formula is C15H15ClFNO. The van der Waals surface area contributed by atoms with E-state index in [1.807, 2.05) is 37.3 Å². The van der Waals surface area contributed by atoms with Crippen molar-refractivity contribution in [3.8, 4) is 5.75 Å². The standard InChI is InChI=1S/C15H15ClFNO/c1-10(18-13-5-3-4-12(16)9-13)11-6-7-15(19-2)14(17)8-11/h3-10,18H,1-2H3. The van der Waals surface area contributed by atoms with Crippen molar-refractivity contribution in [3.05, 3.63) is 58.9 Å². The van der Waals surface area contributed by atoms with Crippen LogP contribution in [0.5, 0.6) is 5.75 Å². The van der Waals surface area contributed by atoms with Crippen molar-refractivity contribution in [2.45, 2.75) is 13.0 Å². The molecule has 0 bridgehead atoms. The Kier molecular flexibility index (Phi) is 4.27. The molecule has 0 saturated carbocycles. The van der Waals surface area contributed by atoms with Crippen molar-refractivity contribution in [3.63, 3.8) is 0 Å². The van der Waals surface area contributed by atoms with Gasteiger partial charge in [-0.15, -0.1) is 0 Å². The number of anilines is 1. The summed E-state index contributed by atoms with van der Waals surface area (Å²) in [5, 5.41) is 3.94. The Bertz CT molecular complexity index is 574. The van der Waals surface area contributed by atoms with Crippen molar-refractivity contribution in [2.24, 2.45) is 0 Å². The normalized spacial score (nSPS) is 12.0. The van der Waals surface area contributed by atoms with E-state index in [0.717, 1.165) is 11.3 Å². The number of benzene rings is 2. The molecule has 2 nitrogen and oxygen atoms in total. The molecule has 100 valence electrons. The molecule has 2 aromatic carbocycles. The lowest BCUT2D eigenvalue weighted by Gasteiger charge is -2.16. The van der Waals surface area contributed by atoms with Crippen LogP contribution in [0.2, 0.25) is 5.02 Å². The van der Waals surface area contributed by atoms with Crippen LogP contribution in [0.15, 0.2) is 42.5 Å². The fraction of sp³-hybridized carbons (Fsp3) is 0.200. The maximum atomic E-state index is 13.6. The summed E-state index contributed by atoms with van der Waals surface area (Å²) in [5.74, 6) is -0.113. The van der Waals surface area contributed by atoms with Crippen molar-refractivity contribution in [2.75, 3.05) is 12.4 Å². The molecule has 1 N–H and O–H groups in total. The van der Waals surface area contributed by atoms with Crippen molar-refractivity contribution >= 4 is 17.3 Å². The fourth-order valence-corrected chi connectivity index (χ4v) is 2.05. The zero-order valence-electron chi connectivity index (χ0n) is 10.8. The molecule has 1 atom stereocenters. The van der Waals surface area contributed by atoms with Gasteiger partial charge in [0, 0.05) is 16.8 Å². The molecule has 4 heteroatoms. The summed E-state index contributed by atoms with van der Waals surface area (Å²) in [6.45, 7) is 1.96. The predicted octanol–water partition coefficient (Wildman–Crippen LogP) is 4.66. The zero-order valence-corrected chi connectivity index (χ0v) is 11.5. The molecule has 0 radical (unpaired) electrons. The van der Waals surface area contributed by atoms with Gasteiger partial charge in [-0.25, -0.2) is 4.39 Å². The van der Waals surface area contributed by atoms with Crippen LogP contribution in [-0.4, -0.2) is 7.11 Å². The van der Waals surface area contributed by atoms with E-state index in [2.05, 4.69) is 5.32 Å². The lowest BCUT2D eigenvalue weighted by Crippen LogP contribution is -2.07. The summed E-state index contributed by atoms with van der Waals surface area (Å²) in [7, 11) is 1.45. The third-order valence-corrected chi connectivity index (χ3v) is 3.12. The highest BCUT2D eigenvalue weighted by atomic mass is 35.5. The highest BCUT2D eigenvalue weighted by molar-refractivity contribution is 6.30. The number of hydrogen-bond acceptors (Lipinski definition) is 2. The summed E-state index contributed by atoms with van der Waals surface area (Å²) in [6.07, 6.45) is 0. The second-order valence-corrected chi connectivity index (χ2v) is 4.71. The van der Waals surface area contributed by atoms with E-state index >= 15 is 0 Å². The van der Waals surface area contributed by atoms with E-state index in [9.17, 15) is 4.39 Å². The zero-order chi connectivity index (χ0) is 13.8. The van der Waals surface area contributed by atoms with E-state index in [-0.39, 0.29) is 17.6 Å². The van der Waals surface area contributed by atoms with E-state index in [0.29, 0.717) is 5.02 Å². The lowest BCUT2D eigenvalue weighted by atomic mass is 10.1. The number of halogens is 2. The van der Waals surface area contributed by atoms with Crippen molar-refractivity contribution < 1.29 is 9.13 Å². The molecule has 0 amide bonds. The summed E-state index contributed by atoms with van der Waals surface area (Å²) in [6, 6.07) is 12.3. The molecule has 0 fully saturated rings. The second kappa shape index (κ2) is 5.93. The Morgan fingerprint density at radius 3 is 2.63 bits per heavy atom. The lowest BCUT2D eigenvalue weighted by molar-refractivity contribution is 0.386. The molecule has 2 aromatic rings.